The van der Waals surface area contributed by atoms with Crippen LogP contribution < -0.4 is 5.32 Å². The molecule has 1 unspecified atom stereocenters. The maximum atomic E-state index is 4.14. The number of nitrogens with one attached hydrogen (secondary N) is 1. The molecular formula is C9H9N2. The van der Waals surface area contributed by atoms with Crippen LogP contribution in [0.15, 0.2) is 35.3 Å². The quantitative estimate of drug-likeness (QED) is 0.631. The molecular weight excluding hydrogens is 136 g/mol. The standard InChI is InChI=1S/C9H9N2/c1-2-4-8(5-3-1)9-6-10-7-11-9/h1-5,9H,6H2,(H,10,11). The fourth-order valence-electron chi connectivity index (χ4n) is 1.18. The lowest BCUT2D eigenvalue weighted by Gasteiger charge is -2.04. The topological polar surface area (TPSA) is 24.4 Å². The zero-order valence-corrected chi connectivity index (χ0v) is 6.12. The van der Waals surface area contributed by atoms with E-state index < -0.39 is 0 Å². The first-order valence-corrected chi connectivity index (χ1v) is 3.69. The van der Waals surface area contributed by atoms with Crippen molar-refractivity contribution < 1.29 is 0 Å². The fourth-order valence-corrected chi connectivity index (χ4v) is 1.18. The summed E-state index contributed by atoms with van der Waals surface area (Å²) in [6.45, 7) is 0.879. The molecule has 1 atom stereocenters. The van der Waals surface area contributed by atoms with Gasteiger partial charge in [0.05, 0.1) is 6.04 Å². The maximum Gasteiger partial charge on any atom is 0.164 e. The van der Waals surface area contributed by atoms with E-state index in [-0.39, 0.29) is 6.04 Å². The first-order chi connectivity index (χ1) is 5.47. The van der Waals surface area contributed by atoms with E-state index in [1.165, 1.54) is 5.56 Å². The molecule has 1 heterocycles. The van der Waals surface area contributed by atoms with Gasteiger partial charge in [0, 0.05) is 6.54 Å². The summed E-state index contributed by atoms with van der Waals surface area (Å²) in [5.74, 6) is 0. The summed E-state index contributed by atoms with van der Waals surface area (Å²) in [7, 11) is 0. The third-order valence-electron chi connectivity index (χ3n) is 1.78. The molecule has 0 fully saturated rings. The molecule has 2 nitrogen and oxygen atoms in total. The SMILES string of the molecule is [C]1=NC(c2ccccc2)CN1. The molecule has 1 aliphatic rings. The van der Waals surface area contributed by atoms with Crippen LogP contribution in [0, 0.1) is 0 Å². The zero-order valence-electron chi connectivity index (χ0n) is 6.12. The molecule has 0 spiro atoms. The molecule has 0 saturated carbocycles. The summed E-state index contributed by atoms with van der Waals surface area (Å²) in [6, 6.07) is 10.5. The van der Waals surface area contributed by atoms with Gasteiger partial charge in [0.2, 0.25) is 0 Å². The van der Waals surface area contributed by atoms with Crippen molar-refractivity contribution in [3.8, 4) is 0 Å². The number of benzene rings is 1. The predicted octanol–water partition coefficient (Wildman–Crippen LogP) is 1.24. The molecule has 0 aliphatic carbocycles. The molecule has 1 radical (unpaired) electrons. The lowest BCUT2D eigenvalue weighted by Crippen LogP contribution is -2.09. The van der Waals surface area contributed by atoms with Crippen molar-refractivity contribution in [3.63, 3.8) is 0 Å². The smallest absolute Gasteiger partial charge is 0.164 e. The van der Waals surface area contributed by atoms with Crippen LogP contribution in [0.1, 0.15) is 11.6 Å². The van der Waals surface area contributed by atoms with Gasteiger partial charge in [0.15, 0.2) is 6.34 Å². The van der Waals surface area contributed by atoms with Crippen molar-refractivity contribution in [2.24, 2.45) is 4.99 Å². The van der Waals surface area contributed by atoms with E-state index >= 15 is 0 Å². The van der Waals surface area contributed by atoms with E-state index in [1.807, 2.05) is 18.2 Å². The Morgan fingerprint density at radius 1 is 1.36 bits per heavy atom. The lowest BCUT2D eigenvalue weighted by atomic mass is 10.1. The van der Waals surface area contributed by atoms with Crippen LogP contribution in [0.4, 0.5) is 0 Å². The Bertz CT molecular complexity index is 254. The summed E-state index contributed by atoms with van der Waals surface area (Å²) in [5.41, 5.74) is 1.25. The van der Waals surface area contributed by atoms with Crippen LogP contribution in [0.3, 0.4) is 0 Å². The molecule has 1 aliphatic heterocycles. The van der Waals surface area contributed by atoms with Crippen molar-refractivity contribution >= 4 is 6.34 Å². The molecule has 11 heavy (non-hydrogen) atoms. The number of aliphatic imine (C=N–C) groups is 1. The summed E-state index contributed by atoms with van der Waals surface area (Å²) >= 11 is 0. The van der Waals surface area contributed by atoms with Gasteiger partial charge in [0.1, 0.15) is 0 Å². The molecule has 1 N–H and O–H groups in total. The minimum atomic E-state index is 0.274. The van der Waals surface area contributed by atoms with Crippen LogP contribution in [0.2, 0.25) is 0 Å². The van der Waals surface area contributed by atoms with E-state index in [1.54, 1.807) is 0 Å². The Labute approximate surface area is 66.0 Å². The molecule has 0 aromatic heterocycles. The lowest BCUT2D eigenvalue weighted by molar-refractivity contribution is 0.752. The summed E-state index contributed by atoms with van der Waals surface area (Å²) in [5, 5.41) is 2.95. The van der Waals surface area contributed by atoms with Gasteiger partial charge in [-0.3, -0.25) is 4.99 Å². The van der Waals surface area contributed by atoms with Crippen LogP contribution in [0.5, 0.6) is 0 Å². The highest BCUT2D eigenvalue weighted by Gasteiger charge is 2.11. The first-order valence-electron chi connectivity index (χ1n) is 3.69. The van der Waals surface area contributed by atoms with Crippen molar-refractivity contribution in [2.75, 3.05) is 6.54 Å². The molecule has 0 amide bonds. The van der Waals surface area contributed by atoms with E-state index in [0.29, 0.717) is 0 Å². The molecule has 0 bridgehead atoms. The second-order valence-electron chi connectivity index (χ2n) is 2.55. The Morgan fingerprint density at radius 2 is 2.18 bits per heavy atom. The van der Waals surface area contributed by atoms with Gasteiger partial charge in [-0.1, -0.05) is 30.3 Å². The van der Waals surface area contributed by atoms with Gasteiger partial charge in [-0.15, -0.1) is 0 Å². The van der Waals surface area contributed by atoms with Crippen LogP contribution >= 0.6 is 0 Å². The third kappa shape index (κ3) is 1.24. The molecule has 0 saturated heterocycles. The van der Waals surface area contributed by atoms with E-state index in [9.17, 15) is 0 Å². The fraction of sp³-hybridized carbons (Fsp3) is 0.222. The van der Waals surface area contributed by atoms with E-state index in [2.05, 4.69) is 28.8 Å². The second kappa shape index (κ2) is 2.74. The predicted molar refractivity (Wildman–Crippen MR) is 44.6 cm³/mol. The normalized spacial score (nSPS) is 21.6. The van der Waals surface area contributed by atoms with Gasteiger partial charge in [-0.2, -0.15) is 0 Å². The summed E-state index contributed by atoms with van der Waals surface area (Å²) in [4.78, 5) is 4.14. The Kier molecular flexibility index (Phi) is 1.60. The maximum absolute atomic E-state index is 4.14. The average Bonchev–Trinajstić information content (AvgIpc) is 2.58. The van der Waals surface area contributed by atoms with Crippen molar-refractivity contribution in [1.82, 2.24) is 5.32 Å². The Balaban J connectivity index is 2.23. The number of hydrogen-bond acceptors (Lipinski definition) is 2. The highest BCUT2D eigenvalue weighted by atomic mass is 15.0. The summed E-state index contributed by atoms with van der Waals surface area (Å²) < 4.78 is 0. The first kappa shape index (κ1) is 6.40. The molecule has 1 aromatic carbocycles. The Morgan fingerprint density at radius 3 is 2.82 bits per heavy atom. The number of rotatable bonds is 1. The monoisotopic (exact) mass is 145 g/mol. The second-order valence-corrected chi connectivity index (χ2v) is 2.55. The van der Waals surface area contributed by atoms with Crippen LogP contribution in [0.25, 0.3) is 0 Å². The molecule has 55 valence electrons. The minimum absolute atomic E-state index is 0.274. The van der Waals surface area contributed by atoms with Gasteiger partial charge >= 0.3 is 0 Å². The molecule has 1 aromatic rings. The average molecular weight is 145 g/mol. The van der Waals surface area contributed by atoms with Crippen molar-refractivity contribution in [1.29, 1.82) is 0 Å². The number of hydrogen-bond donors (Lipinski definition) is 1. The van der Waals surface area contributed by atoms with Crippen LogP contribution in [-0.4, -0.2) is 12.9 Å². The third-order valence-corrected chi connectivity index (χ3v) is 1.78. The summed E-state index contributed by atoms with van der Waals surface area (Å²) in [6.07, 6.45) is 2.75. The highest BCUT2D eigenvalue weighted by Crippen LogP contribution is 2.17. The molecule has 2 heteroatoms. The minimum Gasteiger partial charge on any atom is -0.365 e. The van der Waals surface area contributed by atoms with Gasteiger partial charge < -0.3 is 5.32 Å². The van der Waals surface area contributed by atoms with E-state index in [4.69, 9.17) is 0 Å². The highest BCUT2D eigenvalue weighted by molar-refractivity contribution is 5.57. The zero-order chi connectivity index (χ0) is 7.52. The van der Waals surface area contributed by atoms with Crippen LogP contribution in [-0.2, 0) is 0 Å². The van der Waals surface area contributed by atoms with Gasteiger partial charge in [0.25, 0.3) is 0 Å². The van der Waals surface area contributed by atoms with Gasteiger partial charge in [-0.05, 0) is 5.56 Å². The van der Waals surface area contributed by atoms with Crippen molar-refractivity contribution in [3.05, 3.63) is 35.9 Å². The molecule has 2 rings (SSSR count). The van der Waals surface area contributed by atoms with Crippen molar-refractivity contribution in [2.45, 2.75) is 6.04 Å². The van der Waals surface area contributed by atoms with E-state index in [0.717, 1.165) is 6.54 Å². The Hall–Kier alpha value is -1.31. The largest absolute Gasteiger partial charge is 0.365 e. The number of nitrogens with zero attached hydrogens (tertiary/aromatic N) is 1. The van der Waals surface area contributed by atoms with Gasteiger partial charge in [-0.25, -0.2) is 0 Å².